The number of aliphatic hydroxyl groups is 2. The predicted octanol–water partition coefficient (Wildman–Crippen LogP) is 17.4. The van der Waals surface area contributed by atoms with Crippen molar-refractivity contribution >= 4 is 86.2 Å². The molecule has 1 aliphatic rings. The Labute approximate surface area is 445 Å². The van der Waals surface area contributed by atoms with Crippen molar-refractivity contribution in [3.8, 4) is 44.9 Å². The van der Waals surface area contributed by atoms with Gasteiger partial charge >= 0.3 is 0 Å². The number of aliphatic hydroxyl groups excluding tert-OH is 2. The van der Waals surface area contributed by atoms with E-state index in [0.29, 0.717) is 0 Å². The molecule has 1 aliphatic carbocycles. The predicted molar refractivity (Wildman–Crippen MR) is 320 cm³/mol. The molecule has 0 fully saturated rings. The SMILES string of the molecule is OCCOc1cc2ccc(C3(c4ccc5cc(OCCO)c6ccccc6c5c4)c4ccc(-c5cc6ccccc6c6ccccc56)cc4-c4cc(-c5cc6ccccc6c6ccccc56)ccc43)cc2c2ccccc12. The van der Waals surface area contributed by atoms with Crippen molar-refractivity contribution in [1.82, 2.24) is 0 Å². The molecule has 366 valence electrons. The Morgan fingerprint density at radius 1 is 0.273 bits per heavy atom. The molecule has 0 heterocycles. The standard InChI is InChI=1S/C73H50O4/c74-33-35-76-71-41-49-25-29-51(43-65(49)59-21-9-11-23-61(59)71)73(52-30-26-50-42-72(77-36-34-75)62-24-12-10-22-60(62)66(50)44-52)69-31-27-47(63-37-45-13-1-3-15-53(45)55-17-5-7-19-57(55)63)39-67(69)68-40-48(28-32-70(68)73)64-38-46-14-2-4-16-54(46)56-18-6-8-20-58(56)64/h1-32,37-44,74-75H,33-36H2. The molecule has 14 aromatic rings. The van der Waals surface area contributed by atoms with E-state index in [0.717, 1.165) is 76.8 Å². The summed E-state index contributed by atoms with van der Waals surface area (Å²) in [6.45, 7) is 0.290. The molecule has 0 radical (unpaired) electrons. The van der Waals surface area contributed by atoms with Crippen molar-refractivity contribution in [1.29, 1.82) is 0 Å². The van der Waals surface area contributed by atoms with Gasteiger partial charge in [-0.05, 0) is 180 Å². The highest BCUT2D eigenvalue weighted by atomic mass is 16.5. The summed E-state index contributed by atoms with van der Waals surface area (Å²) in [4.78, 5) is 0. The number of ether oxygens (including phenoxy) is 2. The highest BCUT2D eigenvalue weighted by Gasteiger charge is 2.47. The topological polar surface area (TPSA) is 58.9 Å². The van der Waals surface area contributed by atoms with Crippen LogP contribution in [0.1, 0.15) is 22.3 Å². The molecule has 77 heavy (non-hydrogen) atoms. The molecule has 2 N–H and O–H groups in total. The van der Waals surface area contributed by atoms with E-state index in [9.17, 15) is 10.2 Å². The minimum absolute atomic E-state index is 0.0672. The monoisotopic (exact) mass is 990 g/mol. The van der Waals surface area contributed by atoms with Crippen molar-refractivity contribution in [2.75, 3.05) is 26.4 Å². The van der Waals surface area contributed by atoms with Gasteiger partial charge in [-0.2, -0.15) is 0 Å². The fourth-order valence-corrected chi connectivity index (χ4v) is 13.2. The van der Waals surface area contributed by atoms with E-state index in [1.807, 2.05) is 0 Å². The van der Waals surface area contributed by atoms with Crippen LogP contribution < -0.4 is 9.47 Å². The van der Waals surface area contributed by atoms with E-state index in [1.54, 1.807) is 0 Å². The summed E-state index contributed by atoms with van der Waals surface area (Å²) < 4.78 is 12.4. The Hall–Kier alpha value is -9.32. The van der Waals surface area contributed by atoms with E-state index in [1.165, 1.54) is 76.5 Å². The molecule has 0 aliphatic heterocycles. The Balaban J connectivity index is 1.07. The minimum atomic E-state index is -0.804. The molecule has 0 amide bonds. The number of hydrogen-bond donors (Lipinski definition) is 2. The molecule has 0 saturated carbocycles. The van der Waals surface area contributed by atoms with Gasteiger partial charge < -0.3 is 19.7 Å². The van der Waals surface area contributed by atoms with Crippen molar-refractivity contribution in [2.24, 2.45) is 0 Å². The van der Waals surface area contributed by atoms with E-state index < -0.39 is 5.41 Å². The van der Waals surface area contributed by atoms with Crippen LogP contribution in [0.3, 0.4) is 0 Å². The summed E-state index contributed by atoms with van der Waals surface area (Å²) >= 11 is 0. The van der Waals surface area contributed by atoms with Gasteiger partial charge in [0.1, 0.15) is 24.7 Å². The molecule has 0 unspecified atom stereocenters. The Bertz CT molecular complexity index is 4440. The third kappa shape index (κ3) is 6.93. The molecule has 0 spiro atoms. The summed E-state index contributed by atoms with van der Waals surface area (Å²) in [6.07, 6.45) is 0. The maximum atomic E-state index is 9.84. The summed E-state index contributed by atoms with van der Waals surface area (Å²) in [6, 6.07) is 89.6. The van der Waals surface area contributed by atoms with E-state index in [2.05, 4.69) is 243 Å². The van der Waals surface area contributed by atoms with Gasteiger partial charge in [-0.25, -0.2) is 0 Å². The number of fused-ring (bicyclic) bond motifs is 15. The van der Waals surface area contributed by atoms with Crippen LogP contribution in [-0.2, 0) is 5.41 Å². The van der Waals surface area contributed by atoms with Crippen LogP contribution >= 0.6 is 0 Å². The average molecular weight is 991 g/mol. The van der Waals surface area contributed by atoms with Crippen LogP contribution in [0.4, 0.5) is 0 Å². The third-order valence-electron chi connectivity index (χ3n) is 16.5. The Morgan fingerprint density at radius 2 is 0.623 bits per heavy atom. The van der Waals surface area contributed by atoms with Crippen LogP contribution in [-0.4, -0.2) is 36.6 Å². The van der Waals surface area contributed by atoms with Gasteiger partial charge in [0, 0.05) is 10.8 Å². The fraction of sp³-hybridized carbons (Fsp3) is 0.0685. The Morgan fingerprint density at radius 3 is 1.04 bits per heavy atom. The van der Waals surface area contributed by atoms with Crippen LogP contribution in [0.2, 0.25) is 0 Å². The second-order valence-electron chi connectivity index (χ2n) is 20.5. The van der Waals surface area contributed by atoms with Gasteiger partial charge in [0.2, 0.25) is 0 Å². The summed E-state index contributed by atoms with van der Waals surface area (Å²) in [5.41, 5.74) is 11.0. The zero-order valence-corrected chi connectivity index (χ0v) is 42.1. The van der Waals surface area contributed by atoms with Gasteiger partial charge in [-0.3, -0.25) is 0 Å². The van der Waals surface area contributed by atoms with Crippen LogP contribution in [0.25, 0.3) is 120 Å². The first kappa shape index (κ1) is 45.1. The third-order valence-corrected chi connectivity index (χ3v) is 16.5. The molecule has 4 heteroatoms. The van der Waals surface area contributed by atoms with Gasteiger partial charge in [-0.1, -0.05) is 194 Å². The Kier molecular flexibility index (Phi) is 10.5. The molecular weight excluding hydrogens is 941 g/mol. The van der Waals surface area contributed by atoms with Crippen molar-refractivity contribution in [2.45, 2.75) is 5.41 Å². The zero-order chi connectivity index (χ0) is 51.2. The lowest BCUT2D eigenvalue weighted by molar-refractivity contribution is 0.203. The average Bonchev–Trinajstić information content (AvgIpc) is 3.95. The van der Waals surface area contributed by atoms with E-state index >= 15 is 0 Å². The maximum Gasteiger partial charge on any atom is 0.127 e. The smallest absolute Gasteiger partial charge is 0.127 e. The molecule has 0 bridgehead atoms. The number of benzene rings is 14. The highest BCUT2D eigenvalue weighted by molar-refractivity contribution is 6.17. The molecule has 0 atom stereocenters. The van der Waals surface area contributed by atoms with E-state index in [4.69, 9.17) is 9.47 Å². The van der Waals surface area contributed by atoms with Crippen LogP contribution in [0.5, 0.6) is 11.5 Å². The molecule has 15 rings (SSSR count). The molecule has 0 saturated heterocycles. The first-order valence-electron chi connectivity index (χ1n) is 26.6. The number of hydrogen-bond acceptors (Lipinski definition) is 4. The van der Waals surface area contributed by atoms with Gasteiger partial charge in [-0.15, -0.1) is 0 Å². The summed E-state index contributed by atoms with van der Waals surface area (Å²) in [5.74, 6) is 1.51. The van der Waals surface area contributed by atoms with Crippen molar-refractivity contribution in [3.63, 3.8) is 0 Å². The first-order chi connectivity index (χ1) is 38.1. The van der Waals surface area contributed by atoms with Gasteiger partial charge in [0.05, 0.1) is 18.6 Å². The molecule has 14 aromatic carbocycles. The largest absolute Gasteiger partial charge is 0.491 e. The minimum Gasteiger partial charge on any atom is -0.491 e. The fourth-order valence-electron chi connectivity index (χ4n) is 13.2. The lowest BCUT2D eigenvalue weighted by Crippen LogP contribution is -2.28. The van der Waals surface area contributed by atoms with Gasteiger partial charge in [0.15, 0.2) is 0 Å². The molecular formula is C73H50O4. The zero-order valence-electron chi connectivity index (χ0n) is 42.1. The van der Waals surface area contributed by atoms with Crippen molar-refractivity contribution < 1.29 is 19.7 Å². The second-order valence-corrected chi connectivity index (χ2v) is 20.5. The summed E-state index contributed by atoms with van der Waals surface area (Å²) in [5, 5.41) is 38.1. The van der Waals surface area contributed by atoms with E-state index in [-0.39, 0.29) is 26.4 Å². The lowest BCUT2D eigenvalue weighted by Gasteiger charge is -2.35. The van der Waals surface area contributed by atoms with Gasteiger partial charge in [0.25, 0.3) is 0 Å². The second kappa shape index (κ2) is 17.9. The molecule has 4 nitrogen and oxygen atoms in total. The van der Waals surface area contributed by atoms with Crippen molar-refractivity contribution in [3.05, 3.63) is 265 Å². The quantitative estimate of drug-likeness (QED) is 0.134. The first-order valence-corrected chi connectivity index (χ1v) is 26.6. The maximum absolute atomic E-state index is 9.84. The van der Waals surface area contributed by atoms with Crippen LogP contribution in [0.15, 0.2) is 243 Å². The van der Waals surface area contributed by atoms with Crippen LogP contribution in [0, 0.1) is 0 Å². The lowest BCUT2D eigenvalue weighted by atomic mass is 9.66. The molecule has 0 aromatic heterocycles. The normalized spacial score (nSPS) is 12.9. The number of rotatable bonds is 10. The highest BCUT2D eigenvalue weighted by Crippen LogP contribution is 2.59. The summed E-state index contributed by atoms with van der Waals surface area (Å²) in [7, 11) is 0.